The van der Waals surface area contributed by atoms with Crippen molar-refractivity contribution in [1.29, 1.82) is 0 Å². The van der Waals surface area contributed by atoms with Crippen LogP contribution < -0.4 is 5.32 Å². The predicted octanol–water partition coefficient (Wildman–Crippen LogP) is 3.09. The zero-order chi connectivity index (χ0) is 11.0. The van der Waals surface area contributed by atoms with E-state index in [1.165, 1.54) is 22.5 Å². The van der Waals surface area contributed by atoms with Gasteiger partial charge in [0, 0.05) is 22.4 Å². The zero-order valence-corrected chi connectivity index (χ0v) is 10.5. The first-order chi connectivity index (χ1) is 7.83. The molecule has 0 atom stereocenters. The van der Waals surface area contributed by atoms with Gasteiger partial charge in [0.2, 0.25) is 0 Å². The summed E-state index contributed by atoms with van der Waals surface area (Å²) < 4.78 is 1.12. The van der Waals surface area contributed by atoms with E-state index in [0.29, 0.717) is 0 Å². The SMILES string of the molecule is Brc1cccc(-c2cc3c([nH]2)CNCC3)c1. The predicted molar refractivity (Wildman–Crippen MR) is 69.3 cm³/mol. The molecular weight excluding hydrogens is 264 g/mol. The second-order valence-corrected chi connectivity index (χ2v) is 5.04. The molecule has 0 spiro atoms. The first-order valence-electron chi connectivity index (χ1n) is 5.50. The molecule has 0 unspecified atom stereocenters. The summed E-state index contributed by atoms with van der Waals surface area (Å²) >= 11 is 3.50. The molecule has 82 valence electrons. The third-order valence-corrected chi connectivity index (χ3v) is 3.49. The van der Waals surface area contributed by atoms with E-state index < -0.39 is 0 Å². The minimum atomic E-state index is 0.962. The summed E-state index contributed by atoms with van der Waals surface area (Å²) in [6, 6.07) is 10.7. The van der Waals surface area contributed by atoms with Gasteiger partial charge in [-0.1, -0.05) is 28.1 Å². The van der Waals surface area contributed by atoms with Crippen LogP contribution in [0.3, 0.4) is 0 Å². The number of aromatic nitrogens is 1. The molecule has 0 saturated heterocycles. The summed E-state index contributed by atoms with van der Waals surface area (Å²) in [6.45, 7) is 2.05. The van der Waals surface area contributed by atoms with Crippen LogP contribution in [-0.4, -0.2) is 11.5 Å². The standard InChI is InChI=1S/C13H13BrN2/c14-11-3-1-2-9(6-11)12-7-10-4-5-15-8-13(10)16-12/h1-3,6-7,15-16H,4-5,8H2. The fourth-order valence-corrected chi connectivity index (χ4v) is 2.57. The number of hydrogen-bond donors (Lipinski definition) is 2. The Morgan fingerprint density at radius 2 is 2.12 bits per heavy atom. The topological polar surface area (TPSA) is 27.8 Å². The van der Waals surface area contributed by atoms with Crippen LogP contribution in [0.1, 0.15) is 11.3 Å². The summed E-state index contributed by atoms with van der Waals surface area (Å²) in [5.74, 6) is 0. The van der Waals surface area contributed by atoms with Gasteiger partial charge in [-0.2, -0.15) is 0 Å². The van der Waals surface area contributed by atoms with E-state index in [9.17, 15) is 0 Å². The Hall–Kier alpha value is -1.06. The summed E-state index contributed by atoms with van der Waals surface area (Å²) in [7, 11) is 0. The minimum absolute atomic E-state index is 0.962. The maximum Gasteiger partial charge on any atom is 0.0459 e. The molecule has 1 aliphatic heterocycles. The molecule has 0 amide bonds. The third kappa shape index (κ3) is 1.81. The number of rotatable bonds is 1. The Balaban J connectivity index is 2.03. The fourth-order valence-electron chi connectivity index (χ4n) is 2.17. The van der Waals surface area contributed by atoms with Gasteiger partial charge < -0.3 is 10.3 Å². The summed E-state index contributed by atoms with van der Waals surface area (Å²) in [4.78, 5) is 3.49. The van der Waals surface area contributed by atoms with E-state index >= 15 is 0 Å². The molecule has 3 rings (SSSR count). The van der Waals surface area contributed by atoms with Gasteiger partial charge in [-0.3, -0.25) is 0 Å². The number of nitrogens with one attached hydrogen (secondary N) is 2. The van der Waals surface area contributed by atoms with Crippen LogP contribution in [0.15, 0.2) is 34.8 Å². The molecule has 0 bridgehead atoms. The van der Waals surface area contributed by atoms with Crippen molar-refractivity contribution < 1.29 is 0 Å². The van der Waals surface area contributed by atoms with Crippen LogP contribution >= 0.6 is 15.9 Å². The molecule has 1 aliphatic rings. The Morgan fingerprint density at radius 3 is 2.94 bits per heavy atom. The first-order valence-corrected chi connectivity index (χ1v) is 6.29. The zero-order valence-electron chi connectivity index (χ0n) is 8.89. The largest absolute Gasteiger partial charge is 0.357 e. The molecule has 0 saturated carbocycles. The van der Waals surface area contributed by atoms with Gasteiger partial charge in [0.05, 0.1) is 0 Å². The minimum Gasteiger partial charge on any atom is -0.357 e. The van der Waals surface area contributed by atoms with E-state index in [-0.39, 0.29) is 0 Å². The van der Waals surface area contributed by atoms with Gasteiger partial charge in [-0.05, 0) is 42.3 Å². The van der Waals surface area contributed by atoms with Crippen LogP contribution in [0.25, 0.3) is 11.3 Å². The van der Waals surface area contributed by atoms with E-state index in [1.807, 2.05) is 6.07 Å². The first kappa shape index (κ1) is 10.1. The summed E-state index contributed by atoms with van der Waals surface area (Å²) in [5, 5.41) is 3.38. The average molecular weight is 277 g/mol. The molecule has 2 heterocycles. The molecule has 0 aliphatic carbocycles. The molecular formula is C13H13BrN2. The second-order valence-electron chi connectivity index (χ2n) is 4.12. The Bertz CT molecular complexity index is 493. The van der Waals surface area contributed by atoms with Crippen molar-refractivity contribution in [3.63, 3.8) is 0 Å². The number of halogens is 1. The Kier molecular flexibility index (Phi) is 2.58. The Morgan fingerprint density at radius 1 is 1.19 bits per heavy atom. The molecule has 0 radical (unpaired) electrons. The lowest BCUT2D eigenvalue weighted by Gasteiger charge is -2.11. The normalized spacial score (nSPS) is 14.8. The van der Waals surface area contributed by atoms with Crippen molar-refractivity contribution in [2.45, 2.75) is 13.0 Å². The highest BCUT2D eigenvalue weighted by atomic mass is 79.9. The highest BCUT2D eigenvalue weighted by molar-refractivity contribution is 9.10. The van der Waals surface area contributed by atoms with Crippen molar-refractivity contribution >= 4 is 15.9 Å². The van der Waals surface area contributed by atoms with Crippen LogP contribution in [0.5, 0.6) is 0 Å². The average Bonchev–Trinajstić information content (AvgIpc) is 2.72. The molecule has 0 fully saturated rings. The molecule has 2 N–H and O–H groups in total. The number of aromatic amines is 1. The molecule has 3 heteroatoms. The van der Waals surface area contributed by atoms with Crippen LogP contribution in [0, 0.1) is 0 Å². The molecule has 2 nitrogen and oxygen atoms in total. The highest BCUT2D eigenvalue weighted by Gasteiger charge is 2.12. The highest BCUT2D eigenvalue weighted by Crippen LogP contribution is 2.25. The van der Waals surface area contributed by atoms with Crippen molar-refractivity contribution in [3.05, 3.63) is 46.1 Å². The molecule has 1 aromatic carbocycles. The summed E-state index contributed by atoms with van der Waals surface area (Å²) in [5.41, 5.74) is 5.24. The smallest absolute Gasteiger partial charge is 0.0459 e. The maximum atomic E-state index is 3.50. The van der Waals surface area contributed by atoms with Gasteiger partial charge in [0.25, 0.3) is 0 Å². The number of hydrogen-bond acceptors (Lipinski definition) is 1. The van der Waals surface area contributed by atoms with Crippen LogP contribution in [0.2, 0.25) is 0 Å². The number of H-pyrrole nitrogens is 1. The Labute approximate surface area is 103 Å². The van der Waals surface area contributed by atoms with Gasteiger partial charge in [-0.15, -0.1) is 0 Å². The molecule has 16 heavy (non-hydrogen) atoms. The molecule has 2 aromatic rings. The van der Waals surface area contributed by atoms with Crippen molar-refractivity contribution in [3.8, 4) is 11.3 Å². The van der Waals surface area contributed by atoms with Gasteiger partial charge in [-0.25, -0.2) is 0 Å². The van der Waals surface area contributed by atoms with E-state index in [2.05, 4.69) is 50.5 Å². The van der Waals surface area contributed by atoms with E-state index in [4.69, 9.17) is 0 Å². The third-order valence-electron chi connectivity index (χ3n) is 3.00. The lowest BCUT2D eigenvalue weighted by atomic mass is 10.1. The van der Waals surface area contributed by atoms with Crippen LogP contribution in [-0.2, 0) is 13.0 Å². The lowest BCUT2D eigenvalue weighted by Crippen LogP contribution is -2.22. The van der Waals surface area contributed by atoms with Gasteiger partial charge in [0.1, 0.15) is 0 Å². The van der Waals surface area contributed by atoms with Crippen molar-refractivity contribution in [1.82, 2.24) is 10.3 Å². The monoisotopic (exact) mass is 276 g/mol. The van der Waals surface area contributed by atoms with Gasteiger partial charge in [0.15, 0.2) is 0 Å². The quantitative estimate of drug-likeness (QED) is 0.823. The van der Waals surface area contributed by atoms with Crippen molar-refractivity contribution in [2.24, 2.45) is 0 Å². The lowest BCUT2D eigenvalue weighted by molar-refractivity contribution is 0.635. The van der Waals surface area contributed by atoms with Crippen molar-refractivity contribution in [2.75, 3.05) is 6.54 Å². The van der Waals surface area contributed by atoms with E-state index in [0.717, 1.165) is 24.0 Å². The maximum absolute atomic E-state index is 3.50. The summed E-state index contributed by atoms with van der Waals surface area (Å²) in [6.07, 6.45) is 1.12. The second kappa shape index (κ2) is 4.07. The fraction of sp³-hybridized carbons (Fsp3) is 0.231. The van der Waals surface area contributed by atoms with Crippen LogP contribution in [0.4, 0.5) is 0 Å². The number of fused-ring (bicyclic) bond motifs is 1. The number of benzene rings is 1. The molecule has 1 aromatic heterocycles. The van der Waals surface area contributed by atoms with Gasteiger partial charge >= 0.3 is 0 Å². The van der Waals surface area contributed by atoms with E-state index in [1.54, 1.807) is 0 Å².